The van der Waals surface area contributed by atoms with Crippen molar-refractivity contribution in [2.75, 3.05) is 6.54 Å². The van der Waals surface area contributed by atoms with E-state index in [1.165, 1.54) is 5.56 Å². The Hall–Kier alpha value is -2.23. The summed E-state index contributed by atoms with van der Waals surface area (Å²) in [6.45, 7) is 4.81. The average molecular weight is 295 g/mol. The number of aromatic nitrogens is 2. The number of rotatable bonds is 3. The van der Waals surface area contributed by atoms with E-state index in [4.69, 9.17) is 0 Å². The van der Waals surface area contributed by atoms with E-state index in [-0.39, 0.29) is 11.9 Å². The summed E-state index contributed by atoms with van der Waals surface area (Å²) < 4.78 is 0. The third-order valence-electron chi connectivity index (χ3n) is 4.53. The average Bonchev–Trinajstić information content (AvgIpc) is 2.89. The molecular formula is C18H21N3O. The molecule has 1 aliphatic heterocycles. The Kier molecular flexibility index (Phi) is 4.18. The zero-order valence-electron chi connectivity index (χ0n) is 13.1. The predicted octanol–water partition coefficient (Wildman–Crippen LogP) is 2.88. The topological polar surface area (TPSA) is 46.1 Å². The minimum absolute atomic E-state index is 0.00411. The van der Waals surface area contributed by atoms with E-state index in [9.17, 15) is 4.79 Å². The van der Waals surface area contributed by atoms with Crippen LogP contribution in [0.1, 0.15) is 35.1 Å². The number of carbonyl (C=O) groups is 1. The molecule has 2 heterocycles. The van der Waals surface area contributed by atoms with Gasteiger partial charge >= 0.3 is 0 Å². The largest absolute Gasteiger partial charge is 0.334 e. The highest BCUT2D eigenvalue weighted by Gasteiger charge is 2.34. The molecule has 0 radical (unpaired) electrons. The highest BCUT2D eigenvalue weighted by Crippen LogP contribution is 2.28. The van der Waals surface area contributed by atoms with E-state index in [2.05, 4.69) is 41.4 Å². The van der Waals surface area contributed by atoms with E-state index in [0.29, 0.717) is 11.6 Å². The molecule has 0 spiro atoms. The molecule has 2 atom stereocenters. The first-order valence-electron chi connectivity index (χ1n) is 7.80. The summed E-state index contributed by atoms with van der Waals surface area (Å²) in [7, 11) is 0. The Balaban J connectivity index is 1.69. The molecule has 2 unspecified atom stereocenters. The van der Waals surface area contributed by atoms with E-state index in [0.717, 1.165) is 25.1 Å². The number of nitrogens with zero attached hydrogens (tertiary/aromatic N) is 3. The van der Waals surface area contributed by atoms with Gasteiger partial charge in [0.1, 0.15) is 0 Å². The molecule has 1 saturated heterocycles. The molecule has 114 valence electrons. The van der Waals surface area contributed by atoms with Crippen molar-refractivity contribution in [1.82, 2.24) is 15.1 Å². The lowest BCUT2D eigenvalue weighted by Crippen LogP contribution is -2.36. The van der Waals surface area contributed by atoms with Crippen LogP contribution in [-0.2, 0) is 6.42 Å². The van der Waals surface area contributed by atoms with Gasteiger partial charge < -0.3 is 4.90 Å². The molecule has 3 rings (SSSR count). The van der Waals surface area contributed by atoms with E-state index < -0.39 is 0 Å². The summed E-state index contributed by atoms with van der Waals surface area (Å²) in [5.74, 6) is 0.500. The molecule has 0 aliphatic carbocycles. The lowest BCUT2D eigenvalue weighted by atomic mass is 9.93. The fraction of sp³-hybridized carbons (Fsp3) is 0.389. The van der Waals surface area contributed by atoms with Crippen LogP contribution in [0.15, 0.2) is 42.5 Å². The van der Waals surface area contributed by atoms with Crippen LogP contribution in [0.25, 0.3) is 0 Å². The number of hydrogen-bond donors (Lipinski definition) is 0. The molecule has 0 saturated carbocycles. The van der Waals surface area contributed by atoms with Crippen molar-refractivity contribution in [1.29, 1.82) is 0 Å². The SMILES string of the molecule is Cc1ccc(C(=O)N2CCC(Cc3ccccc3)C2C)nn1. The molecule has 1 aliphatic rings. The number of hydrogen-bond acceptors (Lipinski definition) is 3. The van der Waals surface area contributed by atoms with Gasteiger partial charge in [-0.1, -0.05) is 30.3 Å². The highest BCUT2D eigenvalue weighted by atomic mass is 16.2. The standard InChI is InChI=1S/C18H21N3O/c1-13-8-9-17(20-19-13)18(22)21-11-10-16(14(21)2)12-15-6-4-3-5-7-15/h3-9,14,16H,10-12H2,1-2H3. The van der Waals surface area contributed by atoms with Crippen LogP contribution in [0, 0.1) is 12.8 Å². The third kappa shape index (κ3) is 3.01. The van der Waals surface area contributed by atoms with E-state index in [1.54, 1.807) is 6.07 Å². The van der Waals surface area contributed by atoms with Gasteiger partial charge in [0, 0.05) is 12.6 Å². The van der Waals surface area contributed by atoms with Crippen LogP contribution in [0.5, 0.6) is 0 Å². The maximum absolute atomic E-state index is 12.6. The van der Waals surface area contributed by atoms with Gasteiger partial charge in [-0.15, -0.1) is 5.10 Å². The lowest BCUT2D eigenvalue weighted by molar-refractivity contribution is 0.0725. The second-order valence-corrected chi connectivity index (χ2v) is 6.04. The summed E-state index contributed by atoms with van der Waals surface area (Å²) in [6, 6.07) is 14.3. The first kappa shape index (κ1) is 14.7. The van der Waals surface area contributed by atoms with Gasteiger partial charge in [-0.3, -0.25) is 4.79 Å². The maximum atomic E-state index is 12.6. The number of carbonyl (C=O) groups excluding carboxylic acids is 1. The Morgan fingerprint density at radius 3 is 2.64 bits per heavy atom. The van der Waals surface area contributed by atoms with Crippen LogP contribution in [0.3, 0.4) is 0 Å². The molecule has 1 aromatic heterocycles. The zero-order valence-corrected chi connectivity index (χ0v) is 13.1. The summed E-state index contributed by atoms with van der Waals surface area (Å²) in [6.07, 6.45) is 2.06. The smallest absolute Gasteiger partial charge is 0.274 e. The second-order valence-electron chi connectivity index (χ2n) is 6.04. The summed E-state index contributed by atoms with van der Waals surface area (Å²) in [5, 5.41) is 8.01. The van der Waals surface area contributed by atoms with Gasteiger partial charge in [0.25, 0.3) is 5.91 Å². The fourth-order valence-electron chi connectivity index (χ4n) is 3.14. The third-order valence-corrected chi connectivity index (χ3v) is 4.53. The number of aryl methyl sites for hydroxylation is 1. The fourth-order valence-corrected chi connectivity index (χ4v) is 3.14. The van der Waals surface area contributed by atoms with Crippen molar-refractivity contribution in [2.24, 2.45) is 5.92 Å². The molecule has 22 heavy (non-hydrogen) atoms. The minimum Gasteiger partial charge on any atom is -0.334 e. The molecule has 1 fully saturated rings. The van der Waals surface area contributed by atoms with E-state index in [1.807, 2.05) is 24.0 Å². The molecule has 0 N–H and O–H groups in total. The van der Waals surface area contributed by atoms with Gasteiger partial charge in [-0.2, -0.15) is 5.10 Å². The van der Waals surface area contributed by atoms with Crippen molar-refractivity contribution in [3.63, 3.8) is 0 Å². The summed E-state index contributed by atoms with van der Waals surface area (Å²) >= 11 is 0. The molecule has 2 aromatic rings. The quantitative estimate of drug-likeness (QED) is 0.874. The molecule has 0 bridgehead atoms. The number of amides is 1. The Morgan fingerprint density at radius 1 is 1.18 bits per heavy atom. The zero-order chi connectivity index (χ0) is 15.5. The van der Waals surface area contributed by atoms with Gasteiger partial charge in [-0.25, -0.2) is 0 Å². The Morgan fingerprint density at radius 2 is 1.95 bits per heavy atom. The molecule has 1 amide bonds. The molecule has 4 nitrogen and oxygen atoms in total. The minimum atomic E-state index is -0.00411. The van der Waals surface area contributed by atoms with Gasteiger partial charge in [0.15, 0.2) is 5.69 Å². The monoisotopic (exact) mass is 295 g/mol. The Labute approximate surface area is 131 Å². The van der Waals surface area contributed by atoms with Crippen LogP contribution < -0.4 is 0 Å². The second kappa shape index (κ2) is 6.26. The van der Waals surface area contributed by atoms with E-state index >= 15 is 0 Å². The van der Waals surface area contributed by atoms with Gasteiger partial charge in [0.05, 0.1) is 5.69 Å². The highest BCUT2D eigenvalue weighted by molar-refractivity contribution is 5.92. The van der Waals surface area contributed by atoms with Crippen LogP contribution in [0.2, 0.25) is 0 Å². The first-order chi connectivity index (χ1) is 10.6. The van der Waals surface area contributed by atoms with Gasteiger partial charge in [-0.05, 0) is 50.3 Å². The van der Waals surface area contributed by atoms with Crippen LogP contribution in [0.4, 0.5) is 0 Å². The predicted molar refractivity (Wildman–Crippen MR) is 85.5 cm³/mol. The van der Waals surface area contributed by atoms with Gasteiger partial charge in [0.2, 0.25) is 0 Å². The maximum Gasteiger partial charge on any atom is 0.274 e. The van der Waals surface area contributed by atoms with Crippen molar-refractivity contribution in [3.05, 3.63) is 59.4 Å². The summed E-state index contributed by atoms with van der Waals surface area (Å²) in [5.41, 5.74) is 2.61. The van der Waals surface area contributed by atoms with Crippen LogP contribution in [-0.4, -0.2) is 33.6 Å². The molecule has 1 aromatic carbocycles. The van der Waals surface area contributed by atoms with Crippen LogP contribution >= 0.6 is 0 Å². The Bertz CT molecular complexity index is 639. The number of benzene rings is 1. The van der Waals surface area contributed by atoms with Crippen molar-refractivity contribution < 1.29 is 4.79 Å². The molecule has 4 heteroatoms. The van der Waals surface area contributed by atoms with Crippen molar-refractivity contribution in [2.45, 2.75) is 32.7 Å². The van der Waals surface area contributed by atoms with Crippen molar-refractivity contribution in [3.8, 4) is 0 Å². The molecular weight excluding hydrogens is 274 g/mol. The lowest BCUT2D eigenvalue weighted by Gasteiger charge is -2.24. The normalized spacial score (nSPS) is 21.1. The number of likely N-dealkylation sites (tertiary alicyclic amines) is 1. The first-order valence-corrected chi connectivity index (χ1v) is 7.80. The summed E-state index contributed by atoms with van der Waals surface area (Å²) in [4.78, 5) is 14.5. The van der Waals surface area contributed by atoms with Crippen molar-refractivity contribution >= 4 is 5.91 Å².